The number of carbonyl (C=O) groups excluding carboxylic acids is 1. The Bertz CT molecular complexity index is 383. The first-order chi connectivity index (χ1) is 6.68. The van der Waals surface area contributed by atoms with Gasteiger partial charge >= 0.3 is 0 Å². The molecular weight excluding hydrogens is 251 g/mol. The summed E-state index contributed by atoms with van der Waals surface area (Å²) in [6.07, 6.45) is 2.72. The van der Waals surface area contributed by atoms with Crippen LogP contribution in [0.3, 0.4) is 0 Å². The van der Waals surface area contributed by atoms with E-state index in [0.717, 1.165) is 6.42 Å². The number of rotatable bonds is 1. The van der Waals surface area contributed by atoms with E-state index in [0.29, 0.717) is 23.3 Å². The summed E-state index contributed by atoms with van der Waals surface area (Å²) in [5, 5.41) is 0. The standard InChI is InChI=1S/C9H8BrFN2O/c10-6-5-12-8(4-7(6)11)13-3-1-2-9(13)14/h4-5H,1-3H2. The maximum absolute atomic E-state index is 13.1. The first-order valence-corrected chi connectivity index (χ1v) is 5.09. The topological polar surface area (TPSA) is 33.2 Å². The predicted octanol–water partition coefficient (Wildman–Crippen LogP) is 2.11. The Balaban J connectivity index is 2.32. The number of anilines is 1. The van der Waals surface area contributed by atoms with Crippen LogP contribution in [0.25, 0.3) is 0 Å². The number of aromatic nitrogens is 1. The summed E-state index contributed by atoms with van der Waals surface area (Å²) in [5.74, 6) is 0.0159. The third-order valence-corrected chi connectivity index (χ3v) is 2.73. The Morgan fingerprint density at radius 3 is 2.93 bits per heavy atom. The van der Waals surface area contributed by atoms with Crippen LogP contribution in [-0.2, 0) is 4.79 Å². The molecule has 2 rings (SSSR count). The quantitative estimate of drug-likeness (QED) is 0.773. The van der Waals surface area contributed by atoms with Gasteiger partial charge in [0.05, 0.1) is 4.47 Å². The first kappa shape index (κ1) is 9.58. The maximum atomic E-state index is 13.1. The molecule has 14 heavy (non-hydrogen) atoms. The fourth-order valence-electron chi connectivity index (χ4n) is 1.44. The van der Waals surface area contributed by atoms with Gasteiger partial charge in [-0.25, -0.2) is 9.37 Å². The fourth-order valence-corrected chi connectivity index (χ4v) is 1.66. The lowest BCUT2D eigenvalue weighted by Gasteiger charge is -2.14. The molecular formula is C9H8BrFN2O. The minimum Gasteiger partial charge on any atom is -0.297 e. The van der Waals surface area contributed by atoms with Gasteiger partial charge in [0.25, 0.3) is 0 Å². The number of amides is 1. The zero-order valence-corrected chi connectivity index (χ0v) is 8.92. The Labute approximate surface area is 89.1 Å². The van der Waals surface area contributed by atoms with Crippen molar-refractivity contribution < 1.29 is 9.18 Å². The predicted molar refractivity (Wildman–Crippen MR) is 53.5 cm³/mol. The molecule has 0 atom stereocenters. The highest BCUT2D eigenvalue weighted by atomic mass is 79.9. The van der Waals surface area contributed by atoms with Gasteiger partial charge in [0.1, 0.15) is 11.6 Å². The number of hydrogen-bond acceptors (Lipinski definition) is 2. The molecule has 5 heteroatoms. The number of pyridine rings is 1. The molecule has 0 saturated carbocycles. The number of hydrogen-bond donors (Lipinski definition) is 0. The molecule has 0 aliphatic carbocycles. The van der Waals surface area contributed by atoms with Crippen molar-refractivity contribution in [3.05, 3.63) is 22.6 Å². The van der Waals surface area contributed by atoms with Gasteiger partial charge in [-0.2, -0.15) is 0 Å². The molecule has 0 spiro atoms. The van der Waals surface area contributed by atoms with E-state index in [1.54, 1.807) is 0 Å². The smallest absolute Gasteiger partial charge is 0.228 e. The molecule has 1 saturated heterocycles. The van der Waals surface area contributed by atoms with Gasteiger partial charge in [0.15, 0.2) is 0 Å². The summed E-state index contributed by atoms with van der Waals surface area (Å²) in [6, 6.07) is 1.27. The van der Waals surface area contributed by atoms with Gasteiger partial charge in [0, 0.05) is 25.2 Å². The molecule has 1 aromatic rings. The van der Waals surface area contributed by atoms with Gasteiger partial charge in [-0.3, -0.25) is 9.69 Å². The molecule has 74 valence electrons. The van der Waals surface area contributed by atoms with E-state index in [-0.39, 0.29) is 5.91 Å². The molecule has 0 N–H and O–H groups in total. The lowest BCUT2D eigenvalue weighted by molar-refractivity contribution is -0.117. The Morgan fingerprint density at radius 2 is 2.36 bits per heavy atom. The summed E-state index contributed by atoms with van der Waals surface area (Å²) in [7, 11) is 0. The molecule has 1 amide bonds. The highest BCUT2D eigenvalue weighted by Gasteiger charge is 2.23. The molecule has 3 nitrogen and oxygen atoms in total. The lowest BCUT2D eigenvalue weighted by Crippen LogP contribution is -2.24. The van der Waals surface area contributed by atoms with Gasteiger partial charge in [0.2, 0.25) is 5.91 Å². The number of carbonyl (C=O) groups is 1. The third-order valence-electron chi connectivity index (χ3n) is 2.14. The Hall–Kier alpha value is -0.970. The summed E-state index contributed by atoms with van der Waals surface area (Å²) in [5.41, 5.74) is 0. The summed E-state index contributed by atoms with van der Waals surface area (Å²) in [6.45, 7) is 0.632. The van der Waals surface area contributed by atoms with Crippen LogP contribution in [0.5, 0.6) is 0 Å². The van der Waals surface area contributed by atoms with Crippen molar-refractivity contribution in [1.82, 2.24) is 4.98 Å². The van der Waals surface area contributed by atoms with E-state index in [4.69, 9.17) is 0 Å². The highest BCUT2D eigenvalue weighted by Crippen LogP contribution is 2.22. The van der Waals surface area contributed by atoms with Crippen LogP contribution in [0.2, 0.25) is 0 Å². The van der Waals surface area contributed by atoms with E-state index >= 15 is 0 Å². The van der Waals surface area contributed by atoms with Gasteiger partial charge in [-0.1, -0.05) is 0 Å². The van der Waals surface area contributed by atoms with Crippen LogP contribution in [-0.4, -0.2) is 17.4 Å². The molecule has 0 aromatic carbocycles. The van der Waals surface area contributed by atoms with Gasteiger partial charge in [-0.05, 0) is 22.4 Å². The molecule has 2 heterocycles. The van der Waals surface area contributed by atoms with E-state index in [1.807, 2.05) is 0 Å². The molecule has 0 radical (unpaired) electrons. The van der Waals surface area contributed by atoms with E-state index in [2.05, 4.69) is 20.9 Å². The van der Waals surface area contributed by atoms with Gasteiger partial charge in [-0.15, -0.1) is 0 Å². The van der Waals surface area contributed by atoms with Crippen molar-refractivity contribution in [2.45, 2.75) is 12.8 Å². The summed E-state index contributed by atoms with van der Waals surface area (Å²) >= 11 is 3.01. The molecule has 1 aromatic heterocycles. The van der Waals surface area contributed by atoms with Crippen molar-refractivity contribution in [3.63, 3.8) is 0 Å². The van der Waals surface area contributed by atoms with Gasteiger partial charge < -0.3 is 0 Å². The fraction of sp³-hybridized carbons (Fsp3) is 0.333. The number of halogens is 2. The van der Waals surface area contributed by atoms with Crippen LogP contribution in [0.15, 0.2) is 16.7 Å². The molecule has 1 aliphatic heterocycles. The Kier molecular flexibility index (Phi) is 2.50. The maximum Gasteiger partial charge on any atom is 0.228 e. The van der Waals surface area contributed by atoms with Crippen molar-refractivity contribution in [2.24, 2.45) is 0 Å². The van der Waals surface area contributed by atoms with Crippen molar-refractivity contribution in [3.8, 4) is 0 Å². The first-order valence-electron chi connectivity index (χ1n) is 4.30. The minimum absolute atomic E-state index is 0.0132. The van der Waals surface area contributed by atoms with E-state index < -0.39 is 5.82 Å². The molecule has 0 unspecified atom stereocenters. The largest absolute Gasteiger partial charge is 0.297 e. The third kappa shape index (κ3) is 1.64. The number of nitrogens with zero attached hydrogens (tertiary/aromatic N) is 2. The second-order valence-electron chi connectivity index (χ2n) is 3.11. The van der Waals surface area contributed by atoms with Crippen molar-refractivity contribution in [2.75, 3.05) is 11.4 Å². The van der Waals surface area contributed by atoms with E-state index in [9.17, 15) is 9.18 Å². The second kappa shape index (κ2) is 3.65. The van der Waals surface area contributed by atoms with Crippen molar-refractivity contribution in [1.29, 1.82) is 0 Å². The minimum atomic E-state index is -0.394. The molecule has 0 bridgehead atoms. The second-order valence-corrected chi connectivity index (χ2v) is 3.96. The van der Waals surface area contributed by atoms with E-state index in [1.165, 1.54) is 17.2 Å². The average Bonchev–Trinajstić information content (AvgIpc) is 2.57. The van der Waals surface area contributed by atoms with Crippen LogP contribution < -0.4 is 4.90 Å². The van der Waals surface area contributed by atoms with Crippen molar-refractivity contribution >= 4 is 27.7 Å². The van der Waals surface area contributed by atoms with Crippen LogP contribution in [0.1, 0.15) is 12.8 Å². The van der Waals surface area contributed by atoms with Crippen LogP contribution >= 0.6 is 15.9 Å². The summed E-state index contributed by atoms with van der Waals surface area (Å²) < 4.78 is 13.4. The lowest BCUT2D eigenvalue weighted by atomic mass is 10.4. The van der Waals surface area contributed by atoms with Crippen LogP contribution in [0, 0.1) is 5.82 Å². The zero-order valence-electron chi connectivity index (χ0n) is 7.33. The summed E-state index contributed by atoms with van der Waals surface area (Å²) in [4.78, 5) is 16.8. The SMILES string of the molecule is O=C1CCCN1c1cc(F)c(Br)cn1. The highest BCUT2D eigenvalue weighted by molar-refractivity contribution is 9.10. The normalized spacial score (nSPS) is 16.4. The zero-order chi connectivity index (χ0) is 10.1. The Morgan fingerprint density at radius 1 is 1.57 bits per heavy atom. The molecule has 1 aliphatic rings. The molecule has 1 fully saturated rings. The van der Waals surface area contributed by atoms with Crippen LogP contribution in [0.4, 0.5) is 10.2 Å². The monoisotopic (exact) mass is 258 g/mol. The average molecular weight is 259 g/mol.